The molecule has 2 heterocycles. The van der Waals surface area contributed by atoms with Crippen molar-refractivity contribution in [3.63, 3.8) is 0 Å². The summed E-state index contributed by atoms with van der Waals surface area (Å²) in [5.74, 6) is 0.142. The second-order valence-corrected chi connectivity index (χ2v) is 4.36. The maximum Gasteiger partial charge on any atom is 0.237 e. The summed E-state index contributed by atoms with van der Waals surface area (Å²) in [4.78, 5) is 15.9. The molecule has 1 fully saturated rings. The third-order valence-corrected chi connectivity index (χ3v) is 3.03. The largest absolute Gasteiger partial charge is 0.355 e. The van der Waals surface area contributed by atoms with Crippen molar-refractivity contribution in [2.24, 2.45) is 0 Å². The number of carbonyl (C=O) groups excluding carboxylic acids is 1. The van der Waals surface area contributed by atoms with Crippen LogP contribution in [0.25, 0.3) is 0 Å². The van der Waals surface area contributed by atoms with E-state index in [1.165, 1.54) is 0 Å². The minimum Gasteiger partial charge on any atom is -0.355 e. The summed E-state index contributed by atoms with van der Waals surface area (Å²) >= 11 is 0. The molecule has 1 aliphatic heterocycles. The predicted molar refractivity (Wildman–Crippen MR) is 66.6 cm³/mol. The van der Waals surface area contributed by atoms with Gasteiger partial charge in [0.25, 0.3) is 0 Å². The SMILES string of the molecule is O=C1NCCCCC1NCCc1ccccn1. The zero-order valence-electron chi connectivity index (χ0n) is 9.98. The molecule has 0 aliphatic carbocycles. The van der Waals surface area contributed by atoms with E-state index in [0.29, 0.717) is 0 Å². The van der Waals surface area contributed by atoms with Gasteiger partial charge in [0, 0.05) is 31.4 Å². The highest BCUT2D eigenvalue weighted by molar-refractivity contribution is 5.81. The molecule has 1 aromatic rings. The summed E-state index contributed by atoms with van der Waals surface area (Å²) in [5, 5.41) is 6.23. The van der Waals surface area contributed by atoms with Crippen LogP contribution in [0.5, 0.6) is 0 Å². The first-order valence-electron chi connectivity index (χ1n) is 6.27. The highest BCUT2D eigenvalue weighted by atomic mass is 16.2. The van der Waals surface area contributed by atoms with Gasteiger partial charge in [-0.15, -0.1) is 0 Å². The number of carbonyl (C=O) groups is 1. The number of pyridine rings is 1. The average molecular weight is 233 g/mol. The number of nitrogens with zero attached hydrogens (tertiary/aromatic N) is 1. The standard InChI is InChI=1S/C13H19N3O/c17-13-12(6-2-4-9-16-13)15-10-7-11-5-1-3-8-14-11/h1,3,5,8,12,15H,2,4,6-7,9-10H2,(H,16,17). The van der Waals surface area contributed by atoms with Crippen LogP contribution in [0.15, 0.2) is 24.4 Å². The molecule has 0 spiro atoms. The monoisotopic (exact) mass is 233 g/mol. The Bertz CT molecular complexity index is 353. The van der Waals surface area contributed by atoms with Gasteiger partial charge in [0.05, 0.1) is 6.04 Å². The molecule has 17 heavy (non-hydrogen) atoms. The molecule has 1 saturated heterocycles. The lowest BCUT2D eigenvalue weighted by Gasteiger charge is -2.14. The van der Waals surface area contributed by atoms with Gasteiger partial charge in [0.15, 0.2) is 0 Å². The fourth-order valence-corrected chi connectivity index (χ4v) is 2.05. The van der Waals surface area contributed by atoms with E-state index < -0.39 is 0 Å². The third-order valence-electron chi connectivity index (χ3n) is 3.03. The smallest absolute Gasteiger partial charge is 0.237 e. The molecule has 1 unspecified atom stereocenters. The average Bonchev–Trinajstić information content (AvgIpc) is 2.56. The van der Waals surface area contributed by atoms with E-state index in [2.05, 4.69) is 15.6 Å². The Balaban J connectivity index is 1.75. The molecule has 0 aromatic carbocycles. The minimum atomic E-state index is -0.0267. The van der Waals surface area contributed by atoms with E-state index in [1.807, 2.05) is 18.2 Å². The Morgan fingerprint density at radius 1 is 1.41 bits per heavy atom. The summed E-state index contributed by atoms with van der Waals surface area (Å²) in [6, 6.07) is 5.88. The molecule has 4 heteroatoms. The van der Waals surface area contributed by atoms with Crippen molar-refractivity contribution >= 4 is 5.91 Å². The number of nitrogens with one attached hydrogen (secondary N) is 2. The van der Waals surface area contributed by atoms with Crippen molar-refractivity contribution in [1.29, 1.82) is 0 Å². The van der Waals surface area contributed by atoms with Crippen molar-refractivity contribution in [3.8, 4) is 0 Å². The van der Waals surface area contributed by atoms with Crippen molar-refractivity contribution in [3.05, 3.63) is 30.1 Å². The van der Waals surface area contributed by atoms with Crippen LogP contribution in [0.4, 0.5) is 0 Å². The van der Waals surface area contributed by atoms with Gasteiger partial charge in [0.2, 0.25) is 5.91 Å². The quantitative estimate of drug-likeness (QED) is 0.812. The maximum absolute atomic E-state index is 11.7. The number of rotatable bonds is 4. The van der Waals surface area contributed by atoms with E-state index >= 15 is 0 Å². The van der Waals surface area contributed by atoms with Gasteiger partial charge in [0.1, 0.15) is 0 Å². The Morgan fingerprint density at radius 3 is 3.18 bits per heavy atom. The molecule has 1 amide bonds. The molecule has 2 rings (SSSR count). The molecule has 0 bridgehead atoms. The van der Waals surface area contributed by atoms with E-state index in [0.717, 1.165) is 44.5 Å². The molecular formula is C13H19N3O. The molecule has 4 nitrogen and oxygen atoms in total. The first kappa shape index (κ1) is 12.0. The van der Waals surface area contributed by atoms with Crippen molar-refractivity contribution in [1.82, 2.24) is 15.6 Å². The lowest BCUT2D eigenvalue weighted by atomic mass is 10.1. The minimum absolute atomic E-state index is 0.0267. The summed E-state index contributed by atoms with van der Waals surface area (Å²) in [7, 11) is 0. The van der Waals surface area contributed by atoms with Crippen molar-refractivity contribution in [2.75, 3.05) is 13.1 Å². The summed E-state index contributed by atoms with van der Waals surface area (Å²) in [6.45, 7) is 1.62. The second-order valence-electron chi connectivity index (χ2n) is 4.36. The van der Waals surface area contributed by atoms with Crippen LogP contribution >= 0.6 is 0 Å². The Labute approximate surface area is 102 Å². The van der Waals surface area contributed by atoms with Gasteiger partial charge in [-0.25, -0.2) is 0 Å². The molecule has 1 atom stereocenters. The Morgan fingerprint density at radius 2 is 2.35 bits per heavy atom. The first-order chi connectivity index (χ1) is 8.36. The highest BCUT2D eigenvalue weighted by Gasteiger charge is 2.19. The number of amides is 1. The summed E-state index contributed by atoms with van der Waals surface area (Å²) < 4.78 is 0. The zero-order chi connectivity index (χ0) is 11.9. The molecule has 1 aliphatic rings. The fourth-order valence-electron chi connectivity index (χ4n) is 2.05. The summed E-state index contributed by atoms with van der Waals surface area (Å²) in [6.07, 6.45) is 5.80. The van der Waals surface area contributed by atoms with E-state index in [1.54, 1.807) is 6.20 Å². The van der Waals surface area contributed by atoms with Crippen LogP contribution in [0.2, 0.25) is 0 Å². The molecule has 1 aromatic heterocycles. The van der Waals surface area contributed by atoms with Gasteiger partial charge in [-0.1, -0.05) is 6.07 Å². The van der Waals surface area contributed by atoms with Crippen LogP contribution < -0.4 is 10.6 Å². The van der Waals surface area contributed by atoms with Crippen LogP contribution in [0, 0.1) is 0 Å². The Hall–Kier alpha value is -1.42. The van der Waals surface area contributed by atoms with Crippen molar-refractivity contribution < 1.29 is 4.79 Å². The van der Waals surface area contributed by atoms with Crippen LogP contribution in [0.1, 0.15) is 25.0 Å². The molecule has 0 saturated carbocycles. The van der Waals surface area contributed by atoms with Gasteiger partial charge in [-0.3, -0.25) is 9.78 Å². The van der Waals surface area contributed by atoms with E-state index in [4.69, 9.17) is 0 Å². The van der Waals surface area contributed by atoms with Crippen LogP contribution in [-0.4, -0.2) is 30.0 Å². The number of hydrogen-bond donors (Lipinski definition) is 2. The first-order valence-corrected chi connectivity index (χ1v) is 6.27. The van der Waals surface area contributed by atoms with Gasteiger partial charge in [-0.05, 0) is 31.4 Å². The topological polar surface area (TPSA) is 54.0 Å². The van der Waals surface area contributed by atoms with Gasteiger partial charge < -0.3 is 10.6 Å². The molecular weight excluding hydrogens is 214 g/mol. The number of hydrogen-bond acceptors (Lipinski definition) is 3. The lowest BCUT2D eigenvalue weighted by molar-refractivity contribution is -0.122. The van der Waals surface area contributed by atoms with Crippen LogP contribution in [0.3, 0.4) is 0 Å². The highest BCUT2D eigenvalue weighted by Crippen LogP contribution is 2.05. The predicted octanol–water partition coefficient (Wildman–Crippen LogP) is 0.882. The molecule has 92 valence electrons. The van der Waals surface area contributed by atoms with Crippen molar-refractivity contribution in [2.45, 2.75) is 31.7 Å². The summed E-state index contributed by atoms with van der Waals surface area (Å²) in [5.41, 5.74) is 1.06. The second kappa shape index (κ2) is 6.35. The Kier molecular flexibility index (Phi) is 4.50. The van der Waals surface area contributed by atoms with Gasteiger partial charge >= 0.3 is 0 Å². The lowest BCUT2D eigenvalue weighted by Crippen LogP contribution is -2.43. The van der Waals surface area contributed by atoms with E-state index in [9.17, 15) is 4.79 Å². The molecule has 0 radical (unpaired) electrons. The van der Waals surface area contributed by atoms with Gasteiger partial charge in [-0.2, -0.15) is 0 Å². The fraction of sp³-hybridized carbons (Fsp3) is 0.538. The molecule has 2 N–H and O–H groups in total. The van der Waals surface area contributed by atoms with E-state index in [-0.39, 0.29) is 11.9 Å². The van der Waals surface area contributed by atoms with Crippen LogP contribution in [-0.2, 0) is 11.2 Å². The maximum atomic E-state index is 11.7. The third kappa shape index (κ3) is 3.82. The number of aromatic nitrogens is 1. The normalized spacial score (nSPS) is 20.7. The zero-order valence-corrected chi connectivity index (χ0v) is 9.98.